The molecular formula is C17H27N3O. The van der Waals surface area contributed by atoms with Crippen molar-refractivity contribution in [2.75, 3.05) is 24.7 Å². The van der Waals surface area contributed by atoms with Gasteiger partial charge in [0.15, 0.2) is 0 Å². The molecule has 0 heterocycles. The summed E-state index contributed by atoms with van der Waals surface area (Å²) in [4.78, 5) is 14.5. The van der Waals surface area contributed by atoms with Crippen LogP contribution in [0, 0.1) is 5.92 Å². The van der Waals surface area contributed by atoms with Gasteiger partial charge in [-0.15, -0.1) is 0 Å². The summed E-state index contributed by atoms with van der Waals surface area (Å²) in [7, 11) is 3.87. The van der Waals surface area contributed by atoms with Gasteiger partial charge in [-0.05, 0) is 43.9 Å². The Hall–Kier alpha value is -1.71. The first-order chi connectivity index (χ1) is 9.99. The second-order valence-electron chi connectivity index (χ2n) is 6.33. The molecule has 1 aliphatic carbocycles. The SMILES string of the molecule is CC(NC(=O)c1cc(N)ccc1N(C)C)C1CCCCC1. The Kier molecular flexibility index (Phi) is 5.10. The fraction of sp³-hybridized carbons (Fsp3) is 0.588. The van der Waals surface area contributed by atoms with Crippen LogP contribution in [0.25, 0.3) is 0 Å². The van der Waals surface area contributed by atoms with Gasteiger partial charge >= 0.3 is 0 Å². The number of anilines is 2. The molecule has 0 bridgehead atoms. The topological polar surface area (TPSA) is 58.4 Å². The summed E-state index contributed by atoms with van der Waals surface area (Å²) >= 11 is 0. The Morgan fingerprint density at radius 1 is 1.29 bits per heavy atom. The molecule has 4 nitrogen and oxygen atoms in total. The van der Waals surface area contributed by atoms with Gasteiger partial charge in [0.05, 0.1) is 5.56 Å². The van der Waals surface area contributed by atoms with Crippen molar-refractivity contribution in [3.8, 4) is 0 Å². The van der Waals surface area contributed by atoms with Crippen LogP contribution in [0.3, 0.4) is 0 Å². The van der Waals surface area contributed by atoms with Gasteiger partial charge in [-0.25, -0.2) is 0 Å². The number of nitrogen functional groups attached to an aromatic ring is 1. The lowest BCUT2D eigenvalue weighted by molar-refractivity contribution is 0.0920. The van der Waals surface area contributed by atoms with Gasteiger partial charge in [0.2, 0.25) is 0 Å². The first-order valence-corrected chi connectivity index (χ1v) is 7.86. The third-order valence-electron chi connectivity index (χ3n) is 4.46. The Morgan fingerprint density at radius 2 is 1.95 bits per heavy atom. The molecule has 1 unspecified atom stereocenters. The Balaban J connectivity index is 2.10. The lowest BCUT2D eigenvalue weighted by Gasteiger charge is -2.28. The molecule has 1 fully saturated rings. The predicted octanol–water partition coefficient (Wildman–Crippen LogP) is 3.03. The highest BCUT2D eigenvalue weighted by atomic mass is 16.1. The predicted molar refractivity (Wildman–Crippen MR) is 88.7 cm³/mol. The van der Waals surface area contributed by atoms with E-state index in [1.807, 2.05) is 31.1 Å². The molecule has 4 heteroatoms. The van der Waals surface area contributed by atoms with E-state index in [0.29, 0.717) is 17.2 Å². The average molecular weight is 289 g/mol. The standard InChI is InChI=1S/C17H27N3O/c1-12(13-7-5-4-6-8-13)19-17(21)15-11-14(18)9-10-16(15)20(2)3/h9-13H,4-8,18H2,1-3H3,(H,19,21). The Morgan fingerprint density at radius 3 is 2.57 bits per heavy atom. The van der Waals surface area contributed by atoms with Crippen LogP contribution in [-0.2, 0) is 0 Å². The normalized spacial score (nSPS) is 17.3. The van der Waals surface area contributed by atoms with Crippen molar-refractivity contribution < 1.29 is 4.79 Å². The van der Waals surface area contributed by atoms with E-state index in [1.54, 1.807) is 6.07 Å². The summed E-state index contributed by atoms with van der Waals surface area (Å²) in [5.74, 6) is 0.579. The average Bonchev–Trinajstić information content (AvgIpc) is 2.47. The number of nitrogens with one attached hydrogen (secondary N) is 1. The highest BCUT2D eigenvalue weighted by Crippen LogP contribution is 2.27. The van der Waals surface area contributed by atoms with E-state index in [4.69, 9.17) is 5.73 Å². The maximum Gasteiger partial charge on any atom is 0.253 e. The molecule has 0 spiro atoms. The number of benzene rings is 1. The summed E-state index contributed by atoms with van der Waals surface area (Å²) in [6, 6.07) is 5.71. The number of nitrogens with two attached hydrogens (primary N) is 1. The summed E-state index contributed by atoms with van der Waals surface area (Å²) in [5.41, 5.74) is 8.02. The van der Waals surface area contributed by atoms with E-state index >= 15 is 0 Å². The fourth-order valence-corrected chi connectivity index (χ4v) is 3.16. The zero-order valence-corrected chi connectivity index (χ0v) is 13.4. The first kappa shape index (κ1) is 15.7. The van der Waals surface area contributed by atoms with Crippen molar-refractivity contribution in [3.05, 3.63) is 23.8 Å². The molecule has 1 aliphatic rings. The first-order valence-electron chi connectivity index (χ1n) is 7.86. The smallest absolute Gasteiger partial charge is 0.253 e. The van der Waals surface area contributed by atoms with Crippen LogP contribution in [0.5, 0.6) is 0 Å². The number of hydrogen-bond donors (Lipinski definition) is 2. The van der Waals surface area contributed by atoms with E-state index in [0.717, 1.165) is 5.69 Å². The molecule has 1 atom stereocenters. The third-order valence-corrected chi connectivity index (χ3v) is 4.46. The van der Waals surface area contributed by atoms with Gasteiger partial charge in [-0.1, -0.05) is 19.3 Å². The van der Waals surface area contributed by atoms with Crippen molar-refractivity contribution >= 4 is 17.3 Å². The van der Waals surface area contributed by atoms with Crippen LogP contribution >= 0.6 is 0 Å². The summed E-state index contributed by atoms with van der Waals surface area (Å²) in [6.07, 6.45) is 6.34. The van der Waals surface area contributed by atoms with E-state index in [2.05, 4.69) is 12.2 Å². The van der Waals surface area contributed by atoms with Crippen molar-refractivity contribution in [2.24, 2.45) is 5.92 Å². The lowest BCUT2D eigenvalue weighted by Crippen LogP contribution is -2.39. The number of nitrogens with zero attached hydrogens (tertiary/aromatic N) is 1. The van der Waals surface area contributed by atoms with Crippen molar-refractivity contribution in [2.45, 2.75) is 45.1 Å². The quantitative estimate of drug-likeness (QED) is 0.838. The molecule has 1 aromatic carbocycles. The maximum atomic E-state index is 12.6. The molecule has 116 valence electrons. The largest absolute Gasteiger partial charge is 0.399 e. The zero-order valence-electron chi connectivity index (χ0n) is 13.4. The molecule has 2 rings (SSSR count). The maximum absolute atomic E-state index is 12.6. The number of amides is 1. The van der Waals surface area contributed by atoms with E-state index in [-0.39, 0.29) is 11.9 Å². The van der Waals surface area contributed by atoms with Crippen molar-refractivity contribution in [1.29, 1.82) is 0 Å². The zero-order chi connectivity index (χ0) is 15.4. The van der Waals surface area contributed by atoms with Crippen LogP contribution in [0.15, 0.2) is 18.2 Å². The second-order valence-corrected chi connectivity index (χ2v) is 6.33. The highest BCUT2D eigenvalue weighted by Gasteiger charge is 2.23. The van der Waals surface area contributed by atoms with Gasteiger partial charge in [-0.2, -0.15) is 0 Å². The highest BCUT2D eigenvalue weighted by molar-refractivity contribution is 6.00. The monoisotopic (exact) mass is 289 g/mol. The molecular weight excluding hydrogens is 262 g/mol. The Labute approximate surface area is 127 Å². The summed E-state index contributed by atoms with van der Waals surface area (Å²) in [5, 5.41) is 3.17. The van der Waals surface area contributed by atoms with E-state index < -0.39 is 0 Å². The molecule has 0 radical (unpaired) electrons. The third kappa shape index (κ3) is 3.90. The van der Waals surface area contributed by atoms with Gasteiger partial charge in [-0.3, -0.25) is 4.79 Å². The Bertz CT molecular complexity index is 493. The van der Waals surface area contributed by atoms with Crippen molar-refractivity contribution in [1.82, 2.24) is 5.32 Å². The number of carbonyl (C=O) groups is 1. The molecule has 1 amide bonds. The molecule has 1 aromatic rings. The molecule has 3 N–H and O–H groups in total. The molecule has 21 heavy (non-hydrogen) atoms. The van der Waals surface area contributed by atoms with E-state index in [1.165, 1.54) is 32.1 Å². The van der Waals surface area contributed by atoms with Crippen LogP contribution in [-0.4, -0.2) is 26.0 Å². The van der Waals surface area contributed by atoms with Crippen LogP contribution in [0.1, 0.15) is 49.4 Å². The minimum atomic E-state index is -0.0240. The van der Waals surface area contributed by atoms with Crippen LogP contribution in [0.2, 0.25) is 0 Å². The number of carbonyl (C=O) groups excluding carboxylic acids is 1. The van der Waals surface area contributed by atoms with Gasteiger partial charge in [0.25, 0.3) is 5.91 Å². The van der Waals surface area contributed by atoms with E-state index in [9.17, 15) is 4.79 Å². The van der Waals surface area contributed by atoms with Crippen LogP contribution in [0.4, 0.5) is 11.4 Å². The summed E-state index contributed by atoms with van der Waals surface area (Å²) < 4.78 is 0. The molecule has 0 aliphatic heterocycles. The summed E-state index contributed by atoms with van der Waals surface area (Å²) in [6.45, 7) is 2.12. The van der Waals surface area contributed by atoms with Crippen LogP contribution < -0.4 is 16.0 Å². The minimum Gasteiger partial charge on any atom is -0.399 e. The molecule has 0 saturated heterocycles. The van der Waals surface area contributed by atoms with Crippen molar-refractivity contribution in [3.63, 3.8) is 0 Å². The molecule has 0 aromatic heterocycles. The second kappa shape index (κ2) is 6.83. The van der Waals surface area contributed by atoms with Gasteiger partial charge < -0.3 is 16.0 Å². The van der Waals surface area contributed by atoms with Gasteiger partial charge in [0, 0.05) is 31.5 Å². The number of hydrogen-bond acceptors (Lipinski definition) is 3. The number of rotatable bonds is 4. The fourth-order valence-electron chi connectivity index (χ4n) is 3.16. The lowest BCUT2D eigenvalue weighted by atomic mass is 9.84. The van der Waals surface area contributed by atoms with Gasteiger partial charge in [0.1, 0.15) is 0 Å². The minimum absolute atomic E-state index is 0.0240. The molecule has 1 saturated carbocycles.